The molecule has 0 radical (unpaired) electrons. The van der Waals surface area contributed by atoms with Crippen LogP contribution in [0.5, 0.6) is 0 Å². The van der Waals surface area contributed by atoms with Gasteiger partial charge < -0.3 is 10.2 Å². The first-order chi connectivity index (χ1) is 12.6. The van der Waals surface area contributed by atoms with Crippen LogP contribution in [0.3, 0.4) is 0 Å². The summed E-state index contributed by atoms with van der Waals surface area (Å²) in [4.78, 5) is 26.3. The zero-order valence-corrected chi connectivity index (χ0v) is 14.9. The molecule has 1 N–H and O–H groups in total. The summed E-state index contributed by atoms with van der Waals surface area (Å²) < 4.78 is 12.9. The van der Waals surface area contributed by atoms with Gasteiger partial charge >= 0.3 is 0 Å². The minimum Gasteiger partial charge on any atom is -0.355 e. The quantitative estimate of drug-likeness (QED) is 0.867. The monoisotopic (exact) mass is 354 g/mol. The molecule has 0 bridgehead atoms. The maximum atomic E-state index is 12.9. The van der Waals surface area contributed by atoms with Crippen LogP contribution in [0, 0.1) is 11.7 Å². The predicted octanol–water partition coefficient (Wildman–Crippen LogP) is 3.10. The van der Waals surface area contributed by atoms with Crippen molar-refractivity contribution in [1.82, 2.24) is 5.32 Å². The number of halogens is 1. The van der Waals surface area contributed by atoms with Crippen molar-refractivity contribution in [1.29, 1.82) is 0 Å². The van der Waals surface area contributed by atoms with E-state index in [1.165, 1.54) is 17.7 Å². The Morgan fingerprint density at radius 1 is 1.12 bits per heavy atom. The molecule has 1 aliphatic rings. The third-order valence-corrected chi connectivity index (χ3v) is 4.78. The molecule has 3 rings (SSSR count). The lowest BCUT2D eigenvalue weighted by atomic mass is 10.1. The summed E-state index contributed by atoms with van der Waals surface area (Å²) in [5, 5.41) is 2.89. The molecule has 2 aromatic carbocycles. The van der Waals surface area contributed by atoms with Gasteiger partial charge in [-0.25, -0.2) is 4.39 Å². The highest BCUT2D eigenvalue weighted by atomic mass is 19.1. The molecule has 0 spiro atoms. The number of rotatable bonds is 6. The summed E-state index contributed by atoms with van der Waals surface area (Å²) >= 11 is 0. The number of nitrogens with zero attached hydrogens (tertiary/aromatic N) is 1. The molecule has 1 fully saturated rings. The fourth-order valence-corrected chi connectivity index (χ4v) is 3.17. The minimum absolute atomic E-state index is 0.0204. The normalized spacial score (nSPS) is 16.8. The first-order valence-corrected chi connectivity index (χ1v) is 8.98. The SMILES string of the molecule is CCc1ccc(N2C[C@H](C(=O)NCCc3ccc(F)cc3)CC2=O)cc1. The molecule has 136 valence electrons. The fraction of sp³-hybridized carbons (Fsp3) is 0.333. The number of carbonyl (C=O) groups is 2. The van der Waals surface area contributed by atoms with Gasteiger partial charge in [0.25, 0.3) is 0 Å². The molecular formula is C21H23FN2O2. The summed E-state index contributed by atoms with van der Waals surface area (Å²) in [6.07, 6.45) is 1.82. The van der Waals surface area contributed by atoms with Crippen LogP contribution in [0.4, 0.5) is 10.1 Å². The molecule has 2 amide bonds. The second-order valence-corrected chi connectivity index (χ2v) is 6.59. The number of nitrogens with one attached hydrogen (secondary N) is 1. The van der Waals surface area contributed by atoms with Gasteiger partial charge in [0, 0.05) is 25.2 Å². The van der Waals surface area contributed by atoms with Gasteiger partial charge in [-0.3, -0.25) is 9.59 Å². The number of carbonyl (C=O) groups excluding carboxylic acids is 2. The number of benzene rings is 2. The Kier molecular flexibility index (Phi) is 5.66. The van der Waals surface area contributed by atoms with Crippen molar-refractivity contribution in [3.63, 3.8) is 0 Å². The maximum Gasteiger partial charge on any atom is 0.227 e. The molecule has 4 nitrogen and oxygen atoms in total. The lowest BCUT2D eigenvalue weighted by molar-refractivity contribution is -0.126. The first-order valence-electron chi connectivity index (χ1n) is 8.98. The molecule has 0 saturated carbocycles. The van der Waals surface area contributed by atoms with Gasteiger partial charge in [-0.05, 0) is 48.2 Å². The van der Waals surface area contributed by atoms with Crippen molar-refractivity contribution in [3.8, 4) is 0 Å². The summed E-state index contributed by atoms with van der Waals surface area (Å²) in [6, 6.07) is 14.1. The van der Waals surface area contributed by atoms with Crippen LogP contribution in [0.25, 0.3) is 0 Å². The third-order valence-electron chi connectivity index (χ3n) is 4.78. The van der Waals surface area contributed by atoms with Gasteiger partial charge in [-0.1, -0.05) is 31.2 Å². The summed E-state index contributed by atoms with van der Waals surface area (Å²) in [6.45, 7) is 2.97. The zero-order chi connectivity index (χ0) is 18.5. The van der Waals surface area contributed by atoms with Crippen molar-refractivity contribution < 1.29 is 14.0 Å². The second kappa shape index (κ2) is 8.13. The highest BCUT2D eigenvalue weighted by Gasteiger charge is 2.34. The van der Waals surface area contributed by atoms with Crippen LogP contribution in [-0.4, -0.2) is 24.9 Å². The molecule has 1 saturated heterocycles. The average molecular weight is 354 g/mol. The third kappa shape index (κ3) is 4.28. The van der Waals surface area contributed by atoms with Crippen molar-refractivity contribution in [3.05, 3.63) is 65.5 Å². The van der Waals surface area contributed by atoms with Gasteiger partial charge in [0.2, 0.25) is 11.8 Å². The molecule has 1 atom stereocenters. The molecule has 0 aliphatic carbocycles. The standard InChI is InChI=1S/C21H23FN2O2/c1-2-15-5-9-19(10-6-15)24-14-17(13-20(24)25)21(26)23-12-11-16-3-7-18(22)8-4-16/h3-10,17H,2,11-14H2,1H3,(H,23,26)/t17-/m1/s1. The fourth-order valence-electron chi connectivity index (χ4n) is 3.17. The molecule has 0 aromatic heterocycles. The molecular weight excluding hydrogens is 331 g/mol. The Morgan fingerprint density at radius 2 is 1.77 bits per heavy atom. The summed E-state index contributed by atoms with van der Waals surface area (Å²) in [5.41, 5.74) is 3.02. The van der Waals surface area contributed by atoms with E-state index < -0.39 is 0 Å². The second-order valence-electron chi connectivity index (χ2n) is 6.59. The Labute approximate surface area is 153 Å². The van der Waals surface area contributed by atoms with Gasteiger partial charge in [-0.15, -0.1) is 0 Å². The van der Waals surface area contributed by atoms with E-state index in [1.807, 2.05) is 24.3 Å². The van der Waals surface area contributed by atoms with E-state index in [-0.39, 0.29) is 30.0 Å². The van der Waals surface area contributed by atoms with E-state index >= 15 is 0 Å². The van der Waals surface area contributed by atoms with Gasteiger partial charge in [-0.2, -0.15) is 0 Å². The van der Waals surface area contributed by atoms with E-state index in [2.05, 4.69) is 12.2 Å². The average Bonchev–Trinajstić information content (AvgIpc) is 3.05. The number of aryl methyl sites for hydroxylation is 1. The van der Waals surface area contributed by atoms with Gasteiger partial charge in [0.15, 0.2) is 0 Å². The predicted molar refractivity (Wildman–Crippen MR) is 99.4 cm³/mol. The molecule has 2 aromatic rings. The number of hydrogen-bond acceptors (Lipinski definition) is 2. The van der Waals surface area contributed by atoms with Crippen LogP contribution < -0.4 is 10.2 Å². The molecule has 26 heavy (non-hydrogen) atoms. The van der Waals surface area contributed by atoms with Crippen molar-refractivity contribution >= 4 is 17.5 Å². The number of amides is 2. The van der Waals surface area contributed by atoms with Crippen molar-refractivity contribution in [2.24, 2.45) is 5.92 Å². The topological polar surface area (TPSA) is 49.4 Å². The highest BCUT2D eigenvalue weighted by Crippen LogP contribution is 2.25. The Morgan fingerprint density at radius 3 is 2.42 bits per heavy atom. The van der Waals surface area contributed by atoms with E-state index in [0.717, 1.165) is 17.7 Å². The Hall–Kier alpha value is -2.69. The summed E-state index contributed by atoms with van der Waals surface area (Å²) in [7, 11) is 0. The summed E-state index contributed by atoms with van der Waals surface area (Å²) in [5.74, 6) is -0.725. The van der Waals surface area contributed by atoms with Crippen LogP contribution in [0.2, 0.25) is 0 Å². The van der Waals surface area contributed by atoms with Gasteiger partial charge in [0.1, 0.15) is 5.82 Å². The lowest BCUT2D eigenvalue weighted by Gasteiger charge is -2.17. The van der Waals surface area contributed by atoms with Crippen LogP contribution in [0.15, 0.2) is 48.5 Å². The van der Waals surface area contributed by atoms with E-state index in [4.69, 9.17) is 0 Å². The van der Waals surface area contributed by atoms with E-state index in [9.17, 15) is 14.0 Å². The number of anilines is 1. The van der Waals surface area contributed by atoms with Crippen LogP contribution >= 0.6 is 0 Å². The smallest absolute Gasteiger partial charge is 0.227 e. The zero-order valence-electron chi connectivity index (χ0n) is 14.9. The number of hydrogen-bond donors (Lipinski definition) is 1. The lowest BCUT2D eigenvalue weighted by Crippen LogP contribution is -2.34. The molecule has 1 heterocycles. The largest absolute Gasteiger partial charge is 0.355 e. The molecule has 1 aliphatic heterocycles. The van der Waals surface area contributed by atoms with Crippen LogP contribution in [-0.2, 0) is 22.4 Å². The minimum atomic E-state index is -0.332. The van der Waals surface area contributed by atoms with Gasteiger partial charge in [0.05, 0.1) is 5.92 Å². The highest BCUT2D eigenvalue weighted by molar-refractivity contribution is 6.00. The van der Waals surface area contributed by atoms with E-state index in [0.29, 0.717) is 19.5 Å². The van der Waals surface area contributed by atoms with Crippen LogP contribution in [0.1, 0.15) is 24.5 Å². The molecule has 5 heteroatoms. The Balaban J connectivity index is 1.52. The maximum absolute atomic E-state index is 12.9. The molecule has 0 unspecified atom stereocenters. The van der Waals surface area contributed by atoms with E-state index in [1.54, 1.807) is 17.0 Å². The first kappa shape index (κ1) is 18.1. The Bertz CT molecular complexity index is 772. The van der Waals surface area contributed by atoms with Crippen molar-refractivity contribution in [2.75, 3.05) is 18.0 Å². The van der Waals surface area contributed by atoms with Crippen molar-refractivity contribution in [2.45, 2.75) is 26.2 Å².